The summed E-state index contributed by atoms with van der Waals surface area (Å²) < 4.78 is 2.23. The summed E-state index contributed by atoms with van der Waals surface area (Å²) in [7, 11) is 0. The van der Waals surface area contributed by atoms with Gasteiger partial charge in [-0.15, -0.1) is 0 Å². The predicted octanol–water partition coefficient (Wildman–Crippen LogP) is 4.67. The van der Waals surface area contributed by atoms with Crippen LogP contribution in [0.2, 0.25) is 0 Å². The Kier molecular flexibility index (Phi) is 5.10. The van der Waals surface area contributed by atoms with E-state index < -0.39 is 0 Å². The van der Waals surface area contributed by atoms with E-state index in [1.165, 1.54) is 0 Å². The van der Waals surface area contributed by atoms with Crippen molar-refractivity contribution in [1.82, 2.24) is 24.5 Å². The third kappa shape index (κ3) is 3.97. The van der Waals surface area contributed by atoms with Crippen LogP contribution in [0.3, 0.4) is 0 Å². The fourth-order valence-corrected chi connectivity index (χ4v) is 3.32. The molecule has 5 heteroatoms. The highest BCUT2D eigenvalue weighted by molar-refractivity contribution is 5.76. The number of rotatable bonds is 7. The normalized spacial score (nSPS) is 11.0. The molecule has 0 atom stereocenters. The summed E-state index contributed by atoms with van der Waals surface area (Å²) in [6.07, 6.45) is 8.85. The van der Waals surface area contributed by atoms with E-state index in [0.29, 0.717) is 0 Å². The van der Waals surface area contributed by atoms with Crippen molar-refractivity contribution in [3.63, 3.8) is 0 Å². The first-order valence-corrected chi connectivity index (χ1v) is 9.34. The molecule has 0 aliphatic rings. The molecule has 27 heavy (non-hydrogen) atoms. The quantitative estimate of drug-likeness (QED) is 0.489. The Bertz CT molecular complexity index is 986. The molecule has 0 fully saturated rings. The molecule has 0 spiro atoms. The lowest BCUT2D eigenvalue weighted by molar-refractivity contribution is 0.608. The molecule has 3 heterocycles. The standard InChI is InChI=1S/C22H23N5/c1-17-24-15-20(26-17)22-21(18-9-3-2-4-10-18)25-16-27(22)14-8-6-12-19-11-5-7-13-23-19/h2-5,7,9-11,13,15-16H,6,8,12,14H2,1H3,(H,24,26). The minimum absolute atomic E-state index is 0.909. The monoisotopic (exact) mass is 357 g/mol. The molecule has 1 N–H and O–H groups in total. The van der Waals surface area contributed by atoms with Gasteiger partial charge in [-0.05, 0) is 38.3 Å². The van der Waals surface area contributed by atoms with Gasteiger partial charge < -0.3 is 9.55 Å². The van der Waals surface area contributed by atoms with Crippen LogP contribution in [-0.2, 0) is 13.0 Å². The zero-order valence-electron chi connectivity index (χ0n) is 15.5. The van der Waals surface area contributed by atoms with Gasteiger partial charge in [-0.25, -0.2) is 9.97 Å². The van der Waals surface area contributed by atoms with E-state index >= 15 is 0 Å². The van der Waals surface area contributed by atoms with Gasteiger partial charge in [0.15, 0.2) is 0 Å². The van der Waals surface area contributed by atoms with Crippen molar-refractivity contribution in [2.45, 2.75) is 32.7 Å². The van der Waals surface area contributed by atoms with E-state index in [1.54, 1.807) is 0 Å². The van der Waals surface area contributed by atoms with Crippen molar-refractivity contribution >= 4 is 0 Å². The van der Waals surface area contributed by atoms with Gasteiger partial charge in [0, 0.05) is 24.0 Å². The topological polar surface area (TPSA) is 59.4 Å². The molecule has 0 bridgehead atoms. The van der Waals surface area contributed by atoms with Crippen molar-refractivity contribution in [2.75, 3.05) is 0 Å². The molecule has 0 unspecified atom stereocenters. The number of unbranched alkanes of at least 4 members (excludes halogenated alkanes) is 1. The second-order valence-electron chi connectivity index (χ2n) is 6.66. The first kappa shape index (κ1) is 17.2. The summed E-state index contributed by atoms with van der Waals surface area (Å²) in [5.74, 6) is 0.909. The number of pyridine rings is 1. The Morgan fingerprint density at radius 2 is 1.78 bits per heavy atom. The maximum atomic E-state index is 4.71. The molecule has 0 aliphatic heterocycles. The molecule has 0 aliphatic carbocycles. The van der Waals surface area contributed by atoms with Crippen LogP contribution >= 0.6 is 0 Å². The summed E-state index contributed by atoms with van der Waals surface area (Å²) in [4.78, 5) is 16.9. The number of aromatic amines is 1. The zero-order valence-corrected chi connectivity index (χ0v) is 15.5. The number of imidazole rings is 2. The smallest absolute Gasteiger partial charge is 0.103 e. The van der Waals surface area contributed by atoms with Crippen molar-refractivity contribution in [3.05, 3.63) is 78.8 Å². The lowest BCUT2D eigenvalue weighted by atomic mass is 10.1. The highest BCUT2D eigenvalue weighted by Gasteiger charge is 2.16. The molecule has 1 aromatic carbocycles. The van der Waals surface area contributed by atoms with E-state index in [9.17, 15) is 0 Å². The third-order valence-electron chi connectivity index (χ3n) is 4.65. The fraction of sp³-hybridized carbons (Fsp3) is 0.227. The second-order valence-corrected chi connectivity index (χ2v) is 6.66. The Morgan fingerprint density at radius 1 is 0.926 bits per heavy atom. The first-order valence-electron chi connectivity index (χ1n) is 9.34. The van der Waals surface area contributed by atoms with Crippen molar-refractivity contribution < 1.29 is 0 Å². The molecular formula is C22H23N5. The summed E-state index contributed by atoms with van der Waals surface area (Å²) in [5.41, 5.74) is 5.36. The lowest BCUT2D eigenvalue weighted by Gasteiger charge is -2.09. The third-order valence-corrected chi connectivity index (χ3v) is 4.65. The molecule has 4 aromatic rings. The number of nitrogens with zero attached hydrogens (tertiary/aromatic N) is 4. The van der Waals surface area contributed by atoms with Gasteiger partial charge in [0.1, 0.15) is 5.82 Å². The number of hydrogen-bond donors (Lipinski definition) is 1. The van der Waals surface area contributed by atoms with Crippen LogP contribution in [0.25, 0.3) is 22.6 Å². The molecule has 0 saturated carbocycles. The highest BCUT2D eigenvalue weighted by Crippen LogP contribution is 2.30. The largest absolute Gasteiger partial charge is 0.341 e. The Labute approximate surface area is 159 Å². The van der Waals surface area contributed by atoms with Crippen LogP contribution < -0.4 is 0 Å². The molecule has 3 aromatic heterocycles. The molecule has 0 saturated heterocycles. The van der Waals surface area contributed by atoms with Gasteiger partial charge in [-0.3, -0.25) is 4.98 Å². The van der Waals surface area contributed by atoms with Gasteiger partial charge in [0.25, 0.3) is 0 Å². The van der Waals surface area contributed by atoms with Crippen molar-refractivity contribution in [3.8, 4) is 22.6 Å². The molecular weight excluding hydrogens is 334 g/mol. The summed E-state index contributed by atoms with van der Waals surface area (Å²) in [6, 6.07) is 16.4. The average molecular weight is 357 g/mol. The SMILES string of the molecule is Cc1ncc(-c2c(-c3ccccc3)ncn2CCCCc2ccccn2)[nH]1. The van der Waals surface area contributed by atoms with Crippen molar-refractivity contribution in [1.29, 1.82) is 0 Å². The van der Waals surface area contributed by atoms with Crippen molar-refractivity contribution in [2.24, 2.45) is 0 Å². The van der Waals surface area contributed by atoms with Gasteiger partial charge in [0.05, 0.1) is 29.6 Å². The van der Waals surface area contributed by atoms with E-state index in [4.69, 9.17) is 4.98 Å². The van der Waals surface area contributed by atoms with E-state index in [-0.39, 0.29) is 0 Å². The minimum Gasteiger partial charge on any atom is -0.341 e. The summed E-state index contributed by atoms with van der Waals surface area (Å²) >= 11 is 0. The van der Waals surface area contributed by atoms with Crippen LogP contribution in [-0.4, -0.2) is 24.5 Å². The maximum absolute atomic E-state index is 4.71. The Balaban J connectivity index is 1.54. The molecule has 4 rings (SSSR count). The number of hydrogen-bond acceptors (Lipinski definition) is 3. The average Bonchev–Trinajstić information content (AvgIpc) is 3.32. The zero-order chi connectivity index (χ0) is 18.5. The van der Waals surface area contributed by atoms with Crippen LogP contribution in [0.1, 0.15) is 24.4 Å². The first-order chi connectivity index (χ1) is 13.3. The Morgan fingerprint density at radius 3 is 2.52 bits per heavy atom. The molecule has 0 radical (unpaired) electrons. The van der Waals surface area contributed by atoms with Crippen LogP contribution in [0.4, 0.5) is 0 Å². The lowest BCUT2D eigenvalue weighted by Crippen LogP contribution is -2.01. The molecule has 0 amide bonds. The van der Waals surface area contributed by atoms with E-state index in [2.05, 4.69) is 37.7 Å². The summed E-state index contributed by atoms with van der Waals surface area (Å²) in [6.45, 7) is 2.89. The van der Waals surface area contributed by atoms with Gasteiger partial charge in [-0.2, -0.15) is 0 Å². The maximum Gasteiger partial charge on any atom is 0.103 e. The number of aryl methyl sites for hydroxylation is 3. The number of benzene rings is 1. The van der Waals surface area contributed by atoms with Crippen LogP contribution in [0.15, 0.2) is 67.3 Å². The van der Waals surface area contributed by atoms with E-state index in [0.717, 1.165) is 60.0 Å². The van der Waals surface area contributed by atoms with E-state index in [1.807, 2.05) is 56.0 Å². The molecule has 136 valence electrons. The predicted molar refractivity (Wildman–Crippen MR) is 107 cm³/mol. The number of aromatic nitrogens is 5. The second kappa shape index (κ2) is 7.99. The van der Waals surface area contributed by atoms with Gasteiger partial charge in [0.2, 0.25) is 0 Å². The highest BCUT2D eigenvalue weighted by atomic mass is 15.1. The number of H-pyrrole nitrogens is 1. The minimum atomic E-state index is 0.909. The van der Waals surface area contributed by atoms with Crippen LogP contribution in [0.5, 0.6) is 0 Å². The number of nitrogens with one attached hydrogen (secondary N) is 1. The van der Waals surface area contributed by atoms with Gasteiger partial charge >= 0.3 is 0 Å². The Hall–Kier alpha value is -3.21. The van der Waals surface area contributed by atoms with Crippen LogP contribution in [0, 0.1) is 6.92 Å². The van der Waals surface area contributed by atoms with Gasteiger partial charge in [-0.1, -0.05) is 36.4 Å². The summed E-state index contributed by atoms with van der Waals surface area (Å²) in [5, 5.41) is 0. The fourth-order valence-electron chi connectivity index (χ4n) is 3.32. The molecule has 5 nitrogen and oxygen atoms in total.